The standard InChI is InChI=1S/C13H16BrF2NO/c1-8(2)11-7-17(5-6-18-11)10-4-3-9(14)12(15)13(10)16/h3-4,8,11H,5-7H2,1-2H3/t11-/m0/s1. The van der Waals surface area contributed by atoms with E-state index in [1.54, 1.807) is 6.07 Å². The first-order valence-corrected chi connectivity index (χ1v) is 6.80. The second kappa shape index (κ2) is 5.53. The van der Waals surface area contributed by atoms with Crippen LogP contribution in [0.1, 0.15) is 13.8 Å². The number of anilines is 1. The lowest BCUT2D eigenvalue weighted by Gasteiger charge is -2.36. The van der Waals surface area contributed by atoms with Crippen LogP contribution in [0.15, 0.2) is 16.6 Å². The van der Waals surface area contributed by atoms with Crippen molar-refractivity contribution in [2.24, 2.45) is 5.92 Å². The fourth-order valence-electron chi connectivity index (χ4n) is 2.06. The van der Waals surface area contributed by atoms with Gasteiger partial charge < -0.3 is 9.64 Å². The number of rotatable bonds is 2. The van der Waals surface area contributed by atoms with Gasteiger partial charge in [0.2, 0.25) is 0 Å². The Morgan fingerprint density at radius 2 is 2.06 bits per heavy atom. The Hall–Kier alpha value is -0.680. The molecule has 2 nitrogen and oxygen atoms in total. The van der Waals surface area contributed by atoms with Gasteiger partial charge in [0, 0.05) is 13.1 Å². The highest BCUT2D eigenvalue weighted by Gasteiger charge is 2.26. The zero-order valence-electron chi connectivity index (χ0n) is 10.4. The fourth-order valence-corrected chi connectivity index (χ4v) is 2.36. The molecule has 1 atom stereocenters. The maximum absolute atomic E-state index is 13.9. The van der Waals surface area contributed by atoms with Gasteiger partial charge in [-0.2, -0.15) is 0 Å². The van der Waals surface area contributed by atoms with Crippen molar-refractivity contribution in [1.29, 1.82) is 0 Å². The third kappa shape index (κ3) is 2.67. The summed E-state index contributed by atoms with van der Waals surface area (Å²) < 4.78 is 33.2. The largest absolute Gasteiger partial charge is 0.374 e. The van der Waals surface area contributed by atoms with Crippen LogP contribution in [0.5, 0.6) is 0 Å². The maximum atomic E-state index is 13.9. The summed E-state index contributed by atoms with van der Waals surface area (Å²) in [4.78, 5) is 1.85. The van der Waals surface area contributed by atoms with E-state index >= 15 is 0 Å². The summed E-state index contributed by atoms with van der Waals surface area (Å²) >= 11 is 2.98. The third-order valence-electron chi connectivity index (χ3n) is 3.19. The van der Waals surface area contributed by atoms with Crippen molar-refractivity contribution in [3.8, 4) is 0 Å². The van der Waals surface area contributed by atoms with Crippen molar-refractivity contribution in [3.05, 3.63) is 28.2 Å². The van der Waals surface area contributed by atoms with Gasteiger partial charge in [0.1, 0.15) is 0 Å². The molecule has 1 aromatic rings. The van der Waals surface area contributed by atoms with Gasteiger partial charge in [0.15, 0.2) is 11.6 Å². The van der Waals surface area contributed by atoms with Gasteiger partial charge in [-0.15, -0.1) is 0 Å². The van der Waals surface area contributed by atoms with E-state index in [4.69, 9.17) is 4.74 Å². The molecule has 0 bridgehead atoms. The highest BCUT2D eigenvalue weighted by molar-refractivity contribution is 9.10. The van der Waals surface area contributed by atoms with E-state index in [1.165, 1.54) is 6.07 Å². The number of morpholine rings is 1. The first kappa shape index (κ1) is 13.7. The van der Waals surface area contributed by atoms with Crippen LogP contribution in [0, 0.1) is 17.6 Å². The van der Waals surface area contributed by atoms with E-state index < -0.39 is 11.6 Å². The molecule has 1 aromatic carbocycles. The molecule has 1 aliphatic rings. The lowest BCUT2D eigenvalue weighted by Crippen LogP contribution is -2.45. The summed E-state index contributed by atoms with van der Waals surface area (Å²) in [5, 5.41) is 0. The van der Waals surface area contributed by atoms with E-state index in [9.17, 15) is 8.78 Å². The van der Waals surface area contributed by atoms with Gasteiger partial charge in [-0.1, -0.05) is 13.8 Å². The van der Waals surface area contributed by atoms with E-state index in [-0.39, 0.29) is 10.6 Å². The summed E-state index contributed by atoms with van der Waals surface area (Å²) in [5.74, 6) is -1.27. The zero-order chi connectivity index (χ0) is 13.3. The SMILES string of the molecule is CC(C)[C@@H]1CN(c2ccc(Br)c(F)c2F)CCO1. The number of ether oxygens (including phenoxy) is 1. The lowest BCUT2D eigenvalue weighted by atomic mass is 10.1. The Morgan fingerprint density at radius 1 is 1.33 bits per heavy atom. The summed E-state index contributed by atoms with van der Waals surface area (Å²) in [6, 6.07) is 3.14. The van der Waals surface area contributed by atoms with Crippen molar-refractivity contribution < 1.29 is 13.5 Å². The number of hydrogen-bond donors (Lipinski definition) is 0. The fraction of sp³-hybridized carbons (Fsp3) is 0.538. The molecular weight excluding hydrogens is 304 g/mol. The zero-order valence-corrected chi connectivity index (χ0v) is 12.0. The highest BCUT2D eigenvalue weighted by atomic mass is 79.9. The normalized spacial score (nSPS) is 20.6. The summed E-state index contributed by atoms with van der Waals surface area (Å²) in [5.41, 5.74) is 0.310. The molecular formula is C13H16BrF2NO. The van der Waals surface area contributed by atoms with Crippen LogP contribution in [0.4, 0.5) is 14.5 Å². The summed E-state index contributed by atoms with van der Waals surface area (Å²) in [6.07, 6.45) is 0.0601. The van der Waals surface area contributed by atoms with E-state index in [0.717, 1.165) is 0 Å². The number of hydrogen-bond acceptors (Lipinski definition) is 2. The molecule has 2 rings (SSSR count). The molecule has 0 unspecified atom stereocenters. The second-order valence-corrected chi connectivity index (χ2v) is 5.65. The lowest BCUT2D eigenvalue weighted by molar-refractivity contribution is 0.0112. The minimum atomic E-state index is -0.833. The highest BCUT2D eigenvalue weighted by Crippen LogP contribution is 2.29. The van der Waals surface area contributed by atoms with Gasteiger partial charge in [-0.3, -0.25) is 0 Å². The number of benzene rings is 1. The number of halogens is 3. The smallest absolute Gasteiger partial charge is 0.183 e. The molecule has 18 heavy (non-hydrogen) atoms. The van der Waals surface area contributed by atoms with Crippen LogP contribution in [0.2, 0.25) is 0 Å². The van der Waals surface area contributed by atoms with Crippen LogP contribution in [0.25, 0.3) is 0 Å². The summed E-state index contributed by atoms with van der Waals surface area (Å²) in [6.45, 7) is 5.84. The van der Waals surface area contributed by atoms with Crippen LogP contribution in [-0.2, 0) is 4.74 Å². The Kier molecular flexibility index (Phi) is 4.22. The van der Waals surface area contributed by atoms with Crippen molar-refractivity contribution in [2.75, 3.05) is 24.6 Å². The van der Waals surface area contributed by atoms with Crippen molar-refractivity contribution >= 4 is 21.6 Å². The first-order valence-electron chi connectivity index (χ1n) is 6.00. The van der Waals surface area contributed by atoms with Gasteiger partial charge >= 0.3 is 0 Å². The molecule has 0 spiro atoms. The molecule has 100 valence electrons. The minimum absolute atomic E-state index is 0.0601. The molecule has 1 aliphatic heterocycles. The monoisotopic (exact) mass is 319 g/mol. The van der Waals surface area contributed by atoms with Gasteiger partial charge in [-0.25, -0.2) is 8.78 Å². The predicted molar refractivity (Wildman–Crippen MR) is 70.8 cm³/mol. The van der Waals surface area contributed by atoms with Gasteiger partial charge in [0.05, 0.1) is 22.9 Å². The number of nitrogens with zero attached hydrogens (tertiary/aromatic N) is 1. The van der Waals surface area contributed by atoms with Crippen molar-refractivity contribution in [2.45, 2.75) is 20.0 Å². The molecule has 1 saturated heterocycles. The molecule has 5 heteroatoms. The first-order chi connectivity index (χ1) is 8.50. The molecule has 0 radical (unpaired) electrons. The van der Waals surface area contributed by atoms with Crippen LogP contribution in [0.3, 0.4) is 0 Å². The van der Waals surface area contributed by atoms with E-state index in [1.807, 2.05) is 4.90 Å². The van der Waals surface area contributed by atoms with Crippen molar-refractivity contribution in [3.63, 3.8) is 0 Å². The van der Waals surface area contributed by atoms with Crippen LogP contribution in [-0.4, -0.2) is 25.8 Å². The molecule has 0 saturated carbocycles. The van der Waals surface area contributed by atoms with Crippen LogP contribution < -0.4 is 4.90 Å². The van der Waals surface area contributed by atoms with E-state index in [0.29, 0.717) is 31.3 Å². The van der Waals surface area contributed by atoms with E-state index in [2.05, 4.69) is 29.8 Å². The Labute approximate surface area is 114 Å². The van der Waals surface area contributed by atoms with Crippen LogP contribution >= 0.6 is 15.9 Å². The molecule has 0 N–H and O–H groups in total. The third-order valence-corrected chi connectivity index (χ3v) is 3.80. The average molecular weight is 320 g/mol. The maximum Gasteiger partial charge on any atom is 0.183 e. The minimum Gasteiger partial charge on any atom is -0.374 e. The predicted octanol–water partition coefficient (Wildman–Crippen LogP) is 3.59. The second-order valence-electron chi connectivity index (χ2n) is 4.79. The topological polar surface area (TPSA) is 12.5 Å². The van der Waals surface area contributed by atoms with Crippen molar-refractivity contribution in [1.82, 2.24) is 0 Å². The molecule has 0 amide bonds. The summed E-state index contributed by atoms with van der Waals surface area (Å²) in [7, 11) is 0. The van der Waals surface area contributed by atoms with Gasteiger partial charge in [0.25, 0.3) is 0 Å². The Bertz CT molecular complexity index is 439. The molecule has 0 aromatic heterocycles. The molecule has 1 fully saturated rings. The Morgan fingerprint density at radius 3 is 2.72 bits per heavy atom. The van der Waals surface area contributed by atoms with Gasteiger partial charge in [-0.05, 0) is 34.0 Å². The molecule has 1 heterocycles. The molecule has 0 aliphatic carbocycles. The average Bonchev–Trinajstić information content (AvgIpc) is 2.36. The quantitative estimate of drug-likeness (QED) is 0.772. The Balaban J connectivity index is 2.24.